The number of fused-ring (bicyclic) bond motifs is 1. The van der Waals surface area contributed by atoms with Gasteiger partial charge in [0.05, 0.1) is 5.52 Å². The van der Waals surface area contributed by atoms with Crippen LogP contribution in [0, 0.1) is 0 Å². The van der Waals surface area contributed by atoms with Gasteiger partial charge < -0.3 is 5.73 Å². The van der Waals surface area contributed by atoms with Crippen LogP contribution in [0.4, 0.5) is 0 Å². The number of halogens is 1. The van der Waals surface area contributed by atoms with Crippen molar-refractivity contribution in [3.05, 3.63) is 54.2 Å². The number of benzene rings is 1. The molecular formula is C13H13ClN2O. The summed E-state index contributed by atoms with van der Waals surface area (Å²) in [6.07, 6.45) is 2.20. The number of rotatable bonds is 3. The van der Waals surface area contributed by atoms with Gasteiger partial charge in [0, 0.05) is 23.6 Å². The normalized spacial score (nSPS) is 9.65. The molecule has 1 heterocycles. The van der Waals surface area contributed by atoms with E-state index in [0.717, 1.165) is 16.5 Å². The number of hydrogen-bond donors (Lipinski definition) is 1. The number of nitrogens with two attached hydrogens (primary N) is 1. The summed E-state index contributed by atoms with van der Waals surface area (Å²) in [6.45, 7) is 3.63. The van der Waals surface area contributed by atoms with Gasteiger partial charge in [0.2, 0.25) is 5.91 Å². The molecule has 17 heavy (non-hydrogen) atoms. The van der Waals surface area contributed by atoms with Gasteiger partial charge in [0.1, 0.15) is 0 Å². The van der Waals surface area contributed by atoms with Gasteiger partial charge in [-0.25, -0.2) is 0 Å². The highest BCUT2D eigenvalue weighted by Gasteiger charge is 2.04. The summed E-state index contributed by atoms with van der Waals surface area (Å²) >= 11 is 0. The van der Waals surface area contributed by atoms with E-state index in [9.17, 15) is 4.79 Å². The van der Waals surface area contributed by atoms with E-state index in [4.69, 9.17) is 5.73 Å². The fourth-order valence-corrected chi connectivity index (χ4v) is 1.55. The average molecular weight is 249 g/mol. The Kier molecular flexibility index (Phi) is 4.24. The molecule has 1 aromatic heterocycles. The van der Waals surface area contributed by atoms with Crippen molar-refractivity contribution < 1.29 is 4.79 Å². The summed E-state index contributed by atoms with van der Waals surface area (Å²) in [5.41, 5.74) is 7.43. The number of para-hydroxylation sites is 1. The summed E-state index contributed by atoms with van der Waals surface area (Å²) in [5.74, 6) is -0.465. The second-order valence-corrected chi connectivity index (χ2v) is 3.68. The number of carbonyl (C=O) groups excluding carboxylic acids is 1. The summed E-state index contributed by atoms with van der Waals surface area (Å²) < 4.78 is 0. The number of amides is 1. The van der Waals surface area contributed by atoms with Crippen molar-refractivity contribution >= 4 is 29.2 Å². The molecule has 2 aromatic rings. The lowest BCUT2D eigenvalue weighted by Gasteiger charge is -2.03. The maximum Gasteiger partial charge on any atom is 0.244 e. The summed E-state index contributed by atoms with van der Waals surface area (Å²) in [4.78, 5) is 15.2. The van der Waals surface area contributed by atoms with E-state index >= 15 is 0 Å². The van der Waals surface area contributed by atoms with Crippen molar-refractivity contribution in [2.75, 3.05) is 0 Å². The molecule has 3 nitrogen and oxygen atoms in total. The molecule has 88 valence electrons. The molecule has 4 heteroatoms. The lowest BCUT2D eigenvalue weighted by molar-refractivity contribution is -0.114. The van der Waals surface area contributed by atoms with E-state index in [1.54, 1.807) is 6.20 Å². The Morgan fingerprint density at radius 3 is 2.76 bits per heavy atom. The Morgan fingerprint density at radius 2 is 2.06 bits per heavy atom. The summed E-state index contributed by atoms with van der Waals surface area (Å²) in [6, 6.07) is 9.82. The zero-order valence-electron chi connectivity index (χ0n) is 9.22. The lowest BCUT2D eigenvalue weighted by atomic mass is 10.1. The highest BCUT2D eigenvalue weighted by Crippen LogP contribution is 2.14. The minimum atomic E-state index is -0.465. The third kappa shape index (κ3) is 3.04. The predicted octanol–water partition coefficient (Wildman–Crippen LogP) is 2.24. The van der Waals surface area contributed by atoms with Crippen molar-refractivity contribution in [2.45, 2.75) is 6.42 Å². The average Bonchev–Trinajstić information content (AvgIpc) is 2.28. The van der Waals surface area contributed by atoms with Gasteiger partial charge >= 0.3 is 0 Å². The van der Waals surface area contributed by atoms with Crippen LogP contribution in [0.1, 0.15) is 5.56 Å². The van der Waals surface area contributed by atoms with Crippen molar-refractivity contribution in [3.63, 3.8) is 0 Å². The summed E-state index contributed by atoms with van der Waals surface area (Å²) in [7, 11) is 0. The maximum atomic E-state index is 10.9. The molecule has 1 amide bonds. The van der Waals surface area contributed by atoms with Gasteiger partial charge in [0.25, 0.3) is 0 Å². The van der Waals surface area contributed by atoms with Gasteiger partial charge in [-0.3, -0.25) is 9.78 Å². The largest absolute Gasteiger partial charge is 0.366 e. The first kappa shape index (κ1) is 13.2. The molecule has 0 radical (unpaired) electrons. The minimum absolute atomic E-state index is 0. The molecule has 0 aliphatic carbocycles. The highest BCUT2D eigenvalue weighted by molar-refractivity contribution is 5.91. The molecule has 0 aliphatic heterocycles. The number of aromatic nitrogens is 1. The lowest BCUT2D eigenvalue weighted by Crippen LogP contribution is -2.14. The second kappa shape index (κ2) is 5.46. The van der Waals surface area contributed by atoms with Crippen molar-refractivity contribution in [1.29, 1.82) is 0 Å². The molecule has 0 spiro atoms. The number of primary amides is 1. The molecule has 0 saturated carbocycles. The molecule has 0 unspecified atom stereocenters. The van der Waals surface area contributed by atoms with Crippen LogP contribution >= 0.6 is 12.4 Å². The molecule has 0 bridgehead atoms. The van der Waals surface area contributed by atoms with E-state index in [2.05, 4.69) is 11.6 Å². The highest BCUT2D eigenvalue weighted by atomic mass is 35.5. The standard InChI is InChI=1S/C13H12N2O.ClH/c1-9(13(14)16)6-10-7-11-4-2-3-5-12(11)15-8-10;/h2-5,7-8H,1,6H2,(H2,14,16);1H. The van der Waals surface area contributed by atoms with E-state index in [-0.39, 0.29) is 12.4 Å². The zero-order chi connectivity index (χ0) is 11.5. The molecule has 0 atom stereocenters. The topological polar surface area (TPSA) is 56.0 Å². The zero-order valence-corrected chi connectivity index (χ0v) is 10.0. The first-order valence-electron chi connectivity index (χ1n) is 4.98. The van der Waals surface area contributed by atoms with Crippen LogP contribution in [-0.2, 0) is 11.2 Å². The van der Waals surface area contributed by atoms with Crippen LogP contribution in [-0.4, -0.2) is 10.9 Å². The monoisotopic (exact) mass is 248 g/mol. The molecule has 2 rings (SSSR count). The smallest absolute Gasteiger partial charge is 0.244 e. The molecule has 1 aromatic carbocycles. The molecular weight excluding hydrogens is 236 g/mol. The SMILES string of the molecule is C=C(Cc1cnc2ccccc2c1)C(N)=O.Cl. The van der Waals surface area contributed by atoms with Gasteiger partial charge in [-0.15, -0.1) is 12.4 Å². The fourth-order valence-electron chi connectivity index (χ4n) is 1.55. The number of hydrogen-bond acceptors (Lipinski definition) is 2. The van der Waals surface area contributed by atoms with Gasteiger partial charge in [-0.1, -0.05) is 24.8 Å². The number of carbonyl (C=O) groups is 1. The third-order valence-corrected chi connectivity index (χ3v) is 2.41. The summed E-state index contributed by atoms with van der Waals surface area (Å²) in [5, 5.41) is 1.05. The Morgan fingerprint density at radius 1 is 1.35 bits per heavy atom. The Hall–Kier alpha value is -1.87. The van der Waals surface area contributed by atoms with Crippen LogP contribution in [0.5, 0.6) is 0 Å². The molecule has 0 aliphatic rings. The number of nitrogens with zero attached hydrogens (tertiary/aromatic N) is 1. The first-order chi connectivity index (χ1) is 7.66. The molecule has 0 fully saturated rings. The van der Waals surface area contributed by atoms with Crippen LogP contribution in [0.3, 0.4) is 0 Å². The van der Waals surface area contributed by atoms with Gasteiger partial charge in [0.15, 0.2) is 0 Å². The quantitative estimate of drug-likeness (QED) is 0.847. The molecule has 0 saturated heterocycles. The van der Waals surface area contributed by atoms with Gasteiger partial charge in [-0.05, 0) is 17.7 Å². The Balaban J connectivity index is 0.00000144. The van der Waals surface area contributed by atoms with Crippen LogP contribution in [0.25, 0.3) is 10.9 Å². The van der Waals surface area contributed by atoms with Crippen molar-refractivity contribution in [1.82, 2.24) is 4.98 Å². The maximum absolute atomic E-state index is 10.9. The van der Waals surface area contributed by atoms with Crippen LogP contribution in [0.15, 0.2) is 48.7 Å². The minimum Gasteiger partial charge on any atom is -0.366 e. The van der Waals surface area contributed by atoms with Gasteiger partial charge in [-0.2, -0.15) is 0 Å². The van der Waals surface area contributed by atoms with E-state index in [0.29, 0.717) is 12.0 Å². The number of pyridine rings is 1. The van der Waals surface area contributed by atoms with E-state index < -0.39 is 5.91 Å². The van der Waals surface area contributed by atoms with Crippen molar-refractivity contribution in [2.24, 2.45) is 5.73 Å². The predicted molar refractivity (Wildman–Crippen MR) is 71.0 cm³/mol. The van der Waals surface area contributed by atoms with E-state index in [1.807, 2.05) is 30.3 Å². The third-order valence-electron chi connectivity index (χ3n) is 2.41. The fraction of sp³-hybridized carbons (Fsp3) is 0.0769. The van der Waals surface area contributed by atoms with Crippen molar-refractivity contribution in [3.8, 4) is 0 Å². The Bertz CT molecular complexity index is 566. The first-order valence-corrected chi connectivity index (χ1v) is 4.98. The molecule has 2 N–H and O–H groups in total. The van der Waals surface area contributed by atoms with Crippen LogP contribution in [0.2, 0.25) is 0 Å². The van der Waals surface area contributed by atoms with E-state index in [1.165, 1.54) is 0 Å². The second-order valence-electron chi connectivity index (χ2n) is 3.68. The van der Waals surface area contributed by atoms with Crippen LogP contribution < -0.4 is 5.73 Å². The Labute approximate surface area is 106 Å².